The third-order valence-corrected chi connectivity index (χ3v) is 3.89. The van der Waals surface area contributed by atoms with Gasteiger partial charge in [-0.25, -0.2) is 0 Å². The summed E-state index contributed by atoms with van der Waals surface area (Å²) in [5.41, 5.74) is 0.0622. The van der Waals surface area contributed by atoms with Crippen molar-refractivity contribution in [3.8, 4) is 0 Å². The van der Waals surface area contributed by atoms with Crippen molar-refractivity contribution < 1.29 is 4.92 Å². The quantitative estimate of drug-likeness (QED) is 0.470. The van der Waals surface area contributed by atoms with Crippen LogP contribution in [0, 0.1) is 10.1 Å². The standard InChI is InChI=1S/C8H5ClN2O2S2/c1-14-8-6-4(9)2-3-5(11(12)13)7(6)15-10-8/h2-3H,1H3. The molecule has 0 aliphatic heterocycles. The first-order chi connectivity index (χ1) is 7.15. The second-order valence-corrected chi connectivity index (χ2v) is 4.70. The Morgan fingerprint density at radius 3 is 2.93 bits per heavy atom. The number of hydrogen-bond donors (Lipinski definition) is 0. The normalized spacial score (nSPS) is 10.8. The number of fused-ring (bicyclic) bond motifs is 1. The van der Waals surface area contributed by atoms with E-state index >= 15 is 0 Å². The largest absolute Gasteiger partial charge is 0.288 e. The summed E-state index contributed by atoms with van der Waals surface area (Å²) in [4.78, 5) is 10.3. The van der Waals surface area contributed by atoms with Gasteiger partial charge in [0.2, 0.25) is 0 Å². The van der Waals surface area contributed by atoms with Crippen LogP contribution in [0.15, 0.2) is 17.2 Å². The Morgan fingerprint density at radius 1 is 1.60 bits per heavy atom. The number of rotatable bonds is 2. The van der Waals surface area contributed by atoms with E-state index in [0.29, 0.717) is 15.1 Å². The summed E-state index contributed by atoms with van der Waals surface area (Å²) in [6.07, 6.45) is 1.86. The molecular formula is C8H5ClN2O2S2. The van der Waals surface area contributed by atoms with Crippen molar-refractivity contribution in [2.24, 2.45) is 0 Å². The first-order valence-electron chi connectivity index (χ1n) is 3.91. The molecule has 1 heterocycles. The molecule has 0 unspecified atom stereocenters. The number of aromatic nitrogens is 1. The lowest BCUT2D eigenvalue weighted by Crippen LogP contribution is -1.87. The maximum atomic E-state index is 10.8. The summed E-state index contributed by atoms with van der Waals surface area (Å²) in [6.45, 7) is 0. The summed E-state index contributed by atoms with van der Waals surface area (Å²) >= 11 is 8.53. The molecule has 2 rings (SSSR count). The number of hydrogen-bond acceptors (Lipinski definition) is 5. The zero-order valence-corrected chi connectivity index (χ0v) is 9.95. The molecule has 7 heteroatoms. The molecule has 0 radical (unpaired) electrons. The Balaban J connectivity index is 2.84. The lowest BCUT2D eigenvalue weighted by molar-refractivity contribution is -0.382. The van der Waals surface area contributed by atoms with Gasteiger partial charge in [0, 0.05) is 6.07 Å². The highest BCUT2D eigenvalue weighted by Crippen LogP contribution is 2.39. The molecule has 1 aromatic heterocycles. The number of nitro benzene ring substituents is 1. The molecule has 4 nitrogen and oxygen atoms in total. The van der Waals surface area contributed by atoms with Gasteiger partial charge in [-0.15, -0.1) is 11.8 Å². The Hall–Kier alpha value is -0.850. The summed E-state index contributed by atoms with van der Waals surface area (Å²) in [6, 6.07) is 2.95. The third kappa shape index (κ3) is 1.68. The van der Waals surface area contributed by atoms with E-state index in [1.54, 1.807) is 0 Å². The number of halogens is 1. The molecule has 0 saturated heterocycles. The van der Waals surface area contributed by atoms with Crippen LogP contribution in [-0.2, 0) is 0 Å². The molecular weight excluding hydrogens is 256 g/mol. The Labute approximate surface area is 98.6 Å². The van der Waals surface area contributed by atoms with Crippen LogP contribution in [0.4, 0.5) is 5.69 Å². The van der Waals surface area contributed by atoms with Crippen LogP contribution in [0.25, 0.3) is 10.1 Å². The van der Waals surface area contributed by atoms with Crippen LogP contribution in [0.2, 0.25) is 5.02 Å². The van der Waals surface area contributed by atoms with E-state index in [-0.39, 0.29) is 5.69 Å². The molecule has 0 N–H and O–H groups in total. The number of nitrogens with zero attached hydrogens (tertiary/aromatic N) is 2. The van der Waals surface area contributed by atoms with Crippen LogP contribution >= 0.6 is 34.9 Å². The van der Waals surface area contributed by atoms with Gasteiger partial charge in [-0.2, -0.15) is 4.37 Å². The predicted molar refractivity (Wildman–Crippen MR) is 63.1 cm³/mol. The summed E-state index contributed by atoms with van der Waals surface area (Å²) in [5, 5.41) is 12.7. The van der Waals surface area contributed by atoms with Crippen LogP contribution in [-0.4, -0.2) is 15.6 Å². The van der Waals surface area contributed by atoms with Gasteiger partial charge in [0.1, 0.15) is 9.73 Å². The average Bonchev–Trinajstić information content (AvgIpc) is 2.62. The number of benzene rings is 1. The third-order valence-electron chi connectivity index (χ3n) is 1.91. The molecule has 78 valence electrons. The fourth-order valence-corrected chi connectivity index (χ4v) is 3.30. The predicted octanol–water partition coefficient (Wildman–Crippen LogP) is 3.58. The van der Waals surface area contributed by atoms with E-state index in [1.807, 2.05) is 6.26 Å². The van der Waals surface area contributed by atoms with E-state index < -0.39 is 4.92 Å². The molecule has 0 amide bonds. The molecule has 0 fully saturated rings. The first-order valence-corrected chi connectivity index (χ1v) is 6.29. The monoisotopic (exact) mass is 260 g/mol. The van der Waals surface area contributed by atoms with Crippen molar-refractivity contribution in [2.45, 2.75) is 5.03 Å². The maximum absolute atomic E-state index is 10.8. The van der Waals surface area contributed by atoms with E-state index in [2.05, 4.69) is 4.37 Å². The van der Waals surface area contributed by atoms with Crippen LogP contribution in [0.3, 0.4) is 0 Å². The number of nitro groups is 1. The Bertz CT molecular complexity index is 541. The van der Waals surface area contributed by atoms with Gasteiger partial charge in [0.25, 0.3) is 5.69 Å². The molecule has 0 atom stereocenters. The average molecular weight is 261 g/mol. The molecule has 0 bridgehead atoms. The second-order valence-electron chi connectivity index (χ2n) is 2.72. The van der Waals surface area contributed by atoms with E-state index in [1.165, 1.54) is 23.9 Å². The molecule has 0 aliphatic rings. The van der Waals surface area contributed by atoms with Gasteiger partial charge in [-0.3, -0.25) is 10.1 Å². The van der Waals surface area contributed by atoms with Crippen molar-refractivity contribution in [1.82, 2.24) is 4.37 Å². The maximum Gasteiger partial charge on any atom is 0.288 e. The van der Waals surface area contributed by atoms with E-state index in [9.17, 15) is 10.1 Å². The van der Waals surface area contributed by atoms with E-state index in [4.69, 9.17) is 11.6 Å². The fraction of sp³-hybridized carbons (Fsp3) is 0.125. The molecule has 0 saturated carbocycles. The van der Waals surface area contributed by atoms with Gasteiger partial charge in [0.05, 0.1) is 15.3 Å². The van der Waals surface area contributed by atoms with Gasteiger partial charge < -0.3 is 0 Å². The SMILES string of the molecule is CSc1nsc2c([N+](=O)[O-])ccc(Cl)c12. The van der Waals surface area contributed by atoms with Gasteiger partial charge in [0.15, 0.2) is 0 Å². The number of thioether (sulfide) groups is 1. The van der Waals surface area contributed by atoms with Crippen molar-refractivity contribution >= 4 is 50.7 Å². The summed E-state index contributed by atoms with van der Waals surface area (Å²) < 4.78 is 4.67. The van der Waals surface area contributed by atoms with Crippen molar-refractivity contribution in [3.63, 3.8) is 0 Å². The second kappa shape index (κ2) is 3.96. The number of non-ortho nitro benzene ring substituents is 1. The fourth-order valence-electron chi connectivity index (χ4n) is 1.26. The molecule has 2 aromatic rings. The Morgan fingerprint density at radius 2 is 2.33 bits per heavy atom. The highest BCUT2D eigenvalue weighted by Gasteiger charge is 2.19. The topological polar surface area (TPSA) is 56.0 Å². The van der Waals surface area contributed by atoms with Gasteiger partial charge in [-0.05, 0) is 23.9 Å². The molecule has 0 aliphatic carbocycles. The highest BCUT2D eigenvalue weighted by molar-refractivity contribution is 7.98. The van der Waals surface area contributed by atoms with Gasteiger partial charge >= 0.3 is 0 Å². The molecule has 0 spiro atoms. The van der Waals surface area contributed by atoms with Crippen molar-refractivity contribution in [2.75, 3.05) is 6.26 Å². The minimum atomic E-state index is -0.416. The highest BCUT2D eigenvalue weighted by atomic mass is 35.5. The van der Waals surface area contributed by atoms with E-state index in [0.717, 1.165) is 16.6 Å². The van der Waals surface area contributed by atoms with Crippen LogP contribution in [0.1, 0.15) is 0 Å². The minimum Gasteiger partial charge on any atom is -0.258 e. The minimum absolute atomic E-state index is 0.0622. The zero-order valence-electron chi connectivity index (χ0n) is 7.56. The van der Waals surface area contributed by atoms with Crippen molar-refractivity contribution in [1.29, 1.82) is 0 Å². The van der Waals surface area contributed by atoms with Crippen LogP contribution in [0.5, 0.6) is 0 Å². The smallest absolute Gasteiger partial charge is 0.258 e. The van der Waals surface area contributed by atoms with Gasteiger partial charge in [-0.1, -0.05) is 11.6 Å². The lowest BCUT2D eigenvalue weighted by atomic mass is 10.2. The Kier molecular flexibility index (Phi) is 2.81. The van der Waals surface area contributed by atoms with Crippen LogP contribution < -0.4 is 0 Å². The summed E-state index contributed by atoms with van der Waals surface area (Å²) in [5.74, 6) is 0. The van der Waals surface area contributed by atoms with Crippen molar-refractivity contribution in [3.05, 3.63) is 27.3 Å². The summed E-state index contributed by atoms with van der Waals surface area (Å²) in [7, 11) is 0. The molecule has 15 heavy (non-hydrogen) atoms. The molecule has 1 aromatic carbocycles. The first kappa shape index (κ1) is 10.7. The zero-order chi connectivity index (χ0) is 11.0. The lowest BCUT2D eigenvalue weighted by Gasteiger charge is -1.96.